The summed E-state index contributed by atoms with van der Waals surface area (Å²) < 4.78 is 5.43. The molecule has 1 heterocycles. The van der Waals surface area contributed by atoms with Crippen molar-refractivity contribution >= 4 is 11.6 Å². The summed E-state index contributed by atoms with van der Waals surface area (Å²) >= 11 is 0. The first-order chi connectivity index (χ1) is 9.17. The van der Waals surface area contributed by atoms with Crippen LogP contribution in [-0.2, 0) is 4.79 Å². The van der Waals surface area contributed by atoms with E-state index in [0.29, 0.717) is 19.7 Å². The van der Waals surface area contributed by atoms with E-state index in [0.717, 1.165) is 11.4 Å². The second-order valence-electron chi connectivity index (χ2n) is 4.68. The van der Waals surface area contributed by atoms with Gasteiger partial charge in [0, 0.05) is 24.8 Å². The van der Waals surface area contributed by atoms with Gasteiger partial charge < -0.3 is 20.7 Å². The number of hydrogen-bond acceptors (Lipinski definition) is 4. The molecule has 0 bridgehead atoms. The van der Waals surface area contributed by atoms with Crippen LogP contribution in [0.15, 0.2) is 24.3 Å². The molecule has 2 rings (SSSR count). The SMILES string of the molecule is CCOc1ccc(N2C(C)CNC(=O)C2CN)cc1. The van der Waals surface area contributed by atoms with E-state index in [1.807, 2.05) is 31.2 Å². The van der Waals surface area contributed by atoms with E-state index in [1.54, 1.807) is 0 Å². The van der Waals surface area contributed by atoms with Gasteiger partial charge in [-0.15, -0.1) is 0 Å². The van der Waals surface area contributed by atoms with Gasteiger partial charge in [0.15, 0.2) is 0 Å². The zero-order valence-electron chi connectivity index (χ0n) is 11.4. The fourth-order valence-electron chi connectivity index (χ4n) is 2.43. The molecule has 2 unspecified atom stereocenters. The van der Waals surface area contributed by atoms with E-state index in [1.165, 1.54) is 0 Å². The molecule has 5 nitrogen and oxygen atoms in total. The number of hydrogen-bond donors (Lipinski definition) is 2. The molecule has 0 aliphatic carbocycles. The minimum absolute atomic E-state index is 0.00511. The topological polar surface area (TPSA) is 67.6 Å². The molecule has 104 valence electrons. The zero-order chi connectivity index (χ0) is 13.8. The third-order valence-corrected chi connectivity index (χ3v) is 3.35. The average molecular weight is 263 g/mol. The van der Waals surface area contributed by atoms with Crippen LogP contribution in [0.1, 0.15) is 13.8 Å². The van der Waals surface area contributed by atoms with Gasteiger partial charge in [-0.2, -0.15) is 0 Å². The summed E-state index contributed by atoms with van der Waals surface area (Å²) in [5, 5.41) is 2.88. The van der Waals surface area contributed by atoms with Gasteiger partial charge in [-0.3, -0.25) is 4.79 Å². The van der Waals surface area contributed by atoms with Gasteiger partial charge in [-0.05, 0) is 38.1 Å². The molecule has 1 aromatic rings. The molecule has 3 N–H and O–H groups in total. The molecule has 1 fully saturated rings. The number of amides is 1. The van der Waals surface area contributed by atoms with Gasteiger partial charge in [-0.1, -0.05) is 0 Å². The summed E-state index contributed by atoms with van der Waals surface area (Å²) in [6.45, 7) is 5.63. The third kappa shape index (κ3) is 2.81. The van der Waals surface area contributed by atoms with Crippen molar-refractivity contribution in [1.82, 2.24) is 5.32 Å². The number of carbonyl (C=O) groups excluding carboxylic acids is 1. The predicted octanol–water partition coefficient (Wildman–Crippen LogP) is 0.737. The standard InChI is InChI=1S/C14H21N3O2/c1-3-19-12-6-4-11(5-7-12)17-10(2)9-16-14(18)13(17)8-15/h4-7,10,13H,3,8-9,15H2,1-2H3,(H,16,18). The molecule has 2 atom stereocenters. The largest absolute Gasteiger partial charge is 0.494 e. The van der Waals surface area contributed by atoms with Crippen LogP contribution in [0.5, 0.6) is 5.75 Å². The maximum Gasteiger partial charge on any atom is 0.244 e. The van der Waals surface area contributed by atoms with Crippen molar-refractivity contribution in [3.05, 3.63) is 24.3 Å². The number of nitrogens with zero attached hydrogens (tertiary/aromatic N) is 1. The molecule has 1 aromatic carbocycles. The summed E-state index contributed by atoms with van der Waals surface area (Å²) in [7, 11) is 0. The first-order valence-electron chi connectivity index (χ1n) is 6.66. The summed E-state index contributed by atoms with van der Waals surface area (Å²) in [4.78, 5) is 13.9. The van der Waals surface area contributed by atoms with Crippen molar-refractivity contribution in [2.24, 2.45) is 5.73 Å². The van der Waals surface area contributed by atoms with Gasteiger partial charge in [0.1, 0.15) is 11.8 Å². The molecular formula is C14H21N3O2. The fraction of sp³-hybridized carbons (Fsp3) is 0.500. The molecular weight excluding hydrogens is 242 g/mol. The molecule has 19 heavy (non-hydrogen) atoms. The Bertz CT molecular complexity index is 433. The van der Waals surface area contributed by atoms with Gasteiger partial charge in [-0.25, -0.2) is 0 Å². The first kappa shape index (κ1) is 13.7. The van der Waals surface area contributed by atoms with Crippen LogP contribution in [-0.4, -0.2) is 37.7 Å². The number of nitrogens with one attached hydrogen (secondary N) is 1. The minimum Gasteiger partial charge on any atom is -0.494 e. The number of carbonyl (C=O) groups is 1. The Labute approximate surface area is 113 Å². The smallest absolute Gasteiger partial charge is 0.244 e. The van der Waals surface area contributed by atoms with Crippen molar-refractivity contribution in [3.63, 3.8) is 0 Å². The first-order valence-corrected chi connectivity index (χ1v) is 6.66. The monoisotopic (exact) mass is 263 g/mol. The summed E-state index contributed by atoms with van der Waals surface area (Å²) in [5.74, 6) is 0.833. The Kier molecular flexibility index (Phi) is 4.27. The maximum absolute atomic E-state index is 11.9. The quantitative estimate of drug-likeness (QED) is 0.840. The van der Waals surface area contributed by atoms with E-state index < -0.39 is 0 Å². The van der Waals surface area contributed by atoms with Crippen molar-refractivity contribution in [2.75, 3.05) is 24.6 Å². The lowest BCUT2D eigenvalue weighted by Crippen LogP contribution is -2.62. The number of ether oxygens (including phenoxy) is 1. The van der Waals surface area contributed by atoms with Crippen LogP contribution >= 0.6 is 0 Å². The van der Waals surface area contributed by atoms with E-state index in [9.17, 15) is 4.79 Å². The molecule has 5 heteroatoms. The van der Waals surface area contributed by atoms with Crippen LogP contribution in [0.4, 0.5) is 5.69 Å². The van der Waals surface area contributed by atoms with E-state index in [4.69, 9.17) is 10.5 Å². The molecule has 1 amide bonds. The van der Waals surface area contributed by atoms with Crippen molar-refractivity contribution < 1.29 is 9.53 Å². The number of nitrogens with two attached hydrogens (primary N) is 1. The molecule has 0 saturated carbocycles. The van der Waals surface area contributed by atoms with Crippen LogP contribution < -0.4 is 20.7 Å². The maximum atomic E-state index is 11.9. The third-order valence-electron chi connectivity index (χ3n) is 3.35. The van der Waals surface area contributed by atoms with Crippen LogP contribution in [0.25, 0.3) is 0 Å². The number of anilines is 1. The summed E-state index contributed by atoms with van der Waals surface area (Å²) in [6, 6.07) is 7.72. The van der Waals surface area contributed by atoms with Crippen LogP contribution in [0.2, 0.25) is 0 Å². The lowest BCUT2D eigenvalue weighted by Gasteiger charge is -2.41. The van der Waals surface area contributed by atoms with Crippen molar-refractivity contribution in [1.29, 1.82) is 0 Å². The fourth-order valence-corrected chi connectivity index (χ4v) is 2.43. The predicted molar refractivity (Wildman–Crippen MR) is 75.4 cm³/mol. The van der Waals surface area contributed by atoms with Gasteiger partial charge in [0.05, 0.1) is 6.61 Å². The second kappa shape index (κ2) is 5.93. The highest BCUT2D eigenvalue weighted by Gasteiger charge is 2.33. The Morgan fingerprint density at radius 2 is 2.11 bits per heavy atom. The average Bonchev–Trinajstić information content (AvgIpc) is 2.42. The van der Waals surface area contributed by atoms with Crippen molar-refractivity contribution in [2.45, 2.75) is 25.9 Å². The van der Waals surface area contributed by atoms with E-state index in [2.05, 4.69) is 17.1 Å². The lowest BCUT2D eigenvalue weighted by atomic mass is 10.1. The highest BCUT2D eigenvalue weighted by atomic mass is 16.5. The van der Waals surface area contributed by atoms with Crippen LogP contribution in [0, 0.1) is 0 Å². The van der Waals surface area contributed by atoms with Gasteiger partial charge in [0.2, 0.25) is 5.91 Å². The molecule has 1 saturated heterocycles. The van der Waals surface area contributed by atoms with Gasteiger partial charge in [0.25, 0.3) is 0 Å². The van der Waals surface area contributed by atoms with Crippen LogP contribution in [0.3, 0.4) is 0 Å². The molecule has 1 aliphatic rings. The summed E-state index contributed by atoms with van der Waals surface area (Å²) in [6.07, 6.45) is 0. The molecule has 0 radical (unpaired) electrons. The molecule has 0 spiro atoms. The number of benzene rings is 1. The van der Waals surface area contributed by atoms with Gasteiger partial charge >= 0.3 is 0 Å². The summed E-state index contributed by atoms with van der Waals surface area (Å²) in [5.41, 5.74) is 6.74. The lowest BCUT2D eigenvalue weighted by molar-refractivity contribution is -0.123. The Hall–Kier alpha value is -1.75. The zero-order valence-corrected chi connectivity index (χ0v) is 11.4. The number of piperazine rings is 1. The highest BCUT2D eigenvalue weighted by molar-refractivity contribution is 5.87. The normalized spacial score (nSPS) is 23.1. The van der Waals surface area contributed by atoms with Crippen molar-refractivity contribution in [3.8, 4) is 5.75 Å². The highest BCUT2D eigenvalue weighted by Crippen LogP contribution is 2.24. The van der Waals surface area contributed by atoms with E-state index in [-0.39, 0.29) is 18.0 Å². The molecule has 0 aromatic heterocycles. The Morgan fingerprint density at radius 3 is 2.68 bits per heavy atom. The number of rotatable bonds is 4. The Morgan fingerprint density at radius 1 is 1.42 bits per heavy atom. The van der Waals surface area contributed by atoms with E-state index >= 15 is 0 Å². The molecule has 1 aliphatic heterocycles. The second-order valence-corrected chi connectivity index (χ2v) is 4.68. The minimum atomic E-state index is -0.304. The Balaban J connectivity index is 2.23.